The number of benzene rings is 8. The first-order chi connectivity index (χ1) is 55.0. The number of phenols is 2. The Bertz CT molecular complexity index is 5810. The Kier molecular flexibility index (Phi) is 27.1. The minimum absolute atomic E-state index is 0.0195. The third kappa shape index (κ3) is 16.2. The van der Waals surface area contributed by atoms with E-state index in [1.165, 1.54) is 173 Å². The molecular weight excluding hydrogens is 1500 g/mol. The molecule has 0 radical (unpaired) electrons. The number of phenolic OH excluding ortho intramolecular Hbond substituents is 2. The van der Waals surface area contributed by atoms with Crippen LogP contribution >= 0.6 is 0 Å². The van der Waals surface area contributed by atoms with E-state index in [4.69, 9.17) is 117 Å². The maximum atomic E-state index is 13.4. The highest BCUT2D eigenvalue weighted by Crippen LogP contribution is 2.50. The first-order valence-electron chi connectivity index (χ1n) is 33.6. The summed E-state index contributed by atoms with van der Waals surface area (Å²) < 4.78 is 135. The Morgan fingerprint density at radius 3 is 0.912 bits per heavy atom. The van der Waals surface area contributed by atoms with Gasteiger partial charge in [0.05, 0.1) is 142 Å². The number of hydrogen-bond donors (Lipinski definition) is 2. The summed E-state index contributed by atoms with van der Waals surface area (Å²) in [6.07, 6.45) is 0. The van der Waals surface area contributed by atoms with Gasteiger partial charge in [-0.15, -0.1) is 0 Å². The smallest absolute Gasteiger partial charge is 0.308 e. The van der Waals surface area contributed by atoms with Crippen molar-refractivity contribution >= 4 is 49.8 Å². The van der Waals surface area contributed by atoms with Gasteiger partial charge in [-0.1, -0.05) is 0 Å². The molecule has 12 rings (SSSR count). The van der Waals surface area contributed by atoms with Crippen LogP contribution in [0.2, 0.25) is 0 Å². The zero-order valence-electron chi connectivity index (χ0n) is 66.0. The molecule has 12 aromatic rings. The van der Waals surface area contributed by atoms with Crippen molar-refractivity contribution in [1.29, 1.82) is 0 Å². The maximum Gasteiger partial charge on any atom is 0.308 e. The summed E-state index contributed by atoms with van der Waals surface area (Å²) in [5.41, 5.74) is 0.701. The molecule has 8 aromatic carbocycles. The second kappa shape index (κ2) is 36.9. The fourth-order valence-corrected chi connectivity index (χ4v) is 12.1. The van der Waals surface area contributed by atoms with Crippen molar-refractivity contribution in [3.63, 3.8) is 0 Å². The normalized spacial score (nSPS) is 10.6. The fourth-order valence-electron chi connectivity index (χ4n) is 12.1. The van der Waals surface area contributed by atoms with Gasteiger partial charge < -0.3 is 127 Å². The fraction of sp³-hybridized carbons (Fsp3) is 0.256. The summed E-state index contributed by atoms with van der Waals surface area (Å²) in [5, 5.41) is 20.8. The summed E-state index contributed by atoms with van der Waals surface area (Å²) in [6, 6.07) is 27.3. The van der Waals surface area contributed by atoms with Crippen molar-refractivity contribution in [2.75, 3.05) is 142 Å². The van der Waals surface area contributed by atoms with Crippen LogP contribution in [0.4, 0.5) is 0 Å². The lowest BCUT2D eigenvalue weighted by molar-refractivity contribution is -0.131. The number of carbonyl (C=O) groups is 1. The van der Waals surface area contributed by atoms with Gasteiger partial charge in [0, 0.05) is 59.5 Å². The predicted octanol–water partition coefficient (Wildman–Crippen LogP) is 13.3. The molecule has 0 aliphatic rings. The number of rotatable bonds is 25. The van der Waals surface area contributed by atoms with Gasteiger partial charge >= 0.3 is 5.97 Å². The number of fused-ring (bicyclic) bond motifs is 4. The standard InChI is InChI=1S/C22H22O9.C21H22O8.C20H20O8.C19H18O7/c1-11(23)30-15-10-16(27-4)20(28-5)21-17(15)18(24)22(29-6)19(31-21)12-7-8-13(25-2)14(9-12)26-3;1-23-12-8-7-11(9-13(12)24-2)18-21(28-6)17(22)16-14(25-3)10-15(26-4)19(27-5)20(16)29-18;1-23-12-7-6-10(8-13(12)24-2)17-20(27-5)16(22)15-11(21)9-14(25-3)18(26-4)19(15)28-17;1-22-12-6-5-10(7-14(12)23-2)13-8-11(20)17-15(26-13)9-16(24-3)19(25-4)18(17)21/h7-10H,1-6H3;7-10H,1-6H3;6-9,21H,1-5H3;5-9,21H,1-4H3. The Balaban J connectivity index is 0.000000174. The number of methoxy groups -OCH3 is 20. The Hall–Kier alpha value is -14.3. The highest BCUT2D eigenvalue weighted by atomic mass is 16.6. The van der Waals surface area contributed by atoms with Crippen molar-refractivity contribution in [2.45, 2.75) is 6.92 Å². The molecule has 0 saturated carbocycles. The number of hydrogen-bond acceptors (Lipinski definition) is 32. The lowest BCUT2D eigenvalue weighted by atomic mass is 10.1. The van der Waals surface area contributed by atoms with Gasteiger partial charge in [-0.2, -0.15) is 0 Å². The van der Waals surface area contributed by atoms with Crippen molar-refractivity contribution in [3.8, 4) is 178 Å². The molecule has 0 bridgehead atoms. The van der Waals surface area contributed by atoms with E-state index in [1.807, 2.05) is 0 Å². The molecule has 32 heteroatoms. The molecule has 0 atom stereocenters. The molecule has 0 spiro atoms. The van der Waals surface area contributed by atoms with Gasteiger partial charge in [0.2, 0.25) is 56.5 Å². The van der Waals surface area contributed by atoms with Gasteiger partial charge in [0.25, 0.3) is 0 Å². The van der Waals surface area contributed by atoms with Crippen LogP contribution in [0, 0.1) is 0 Å². The largest absolute Gasteiger partial charge is 0.507 e. The maximum absolute atomic E-state index is 13.4. The summed E-state index contributed by atoms with van der Waals surface area (Å²) in [5.74, 6) is 5.39. The van der Waals surface area contributed by atoms with E-state index in [0.717, 1.165) is 0 Å². The van der Waals surface area contributed by atoms with Crippen LogP contribution in [0.3, 0.4) is 0 Å². The molecule has 0 amide bonds. The van der Waals surface area contributed by atoms with E-state index in [-0.39, 0.29) is 142 Å². The zero-order valence-corrected chi connectivity index (χ0v) is 66.0. The number of carbonyl (C=O) groups excluding carboxylic acids is 1. The van der Waals surface area contributed by atoms with Crippen LogP contribution in [-0.4, -0.2) is 158 Å². The lowest BCUT2D eigenvalue weighted by Gasteiger charge is -2.16. The molecule has 0 saturated heterocycles. The van der Waals surface area contributed by atoms with Crippen molar-refractivity contribution in [3.05, 3.63) is 144 Å². The first-order valence-corrected chi connectivity index (χ1v) is 33.6. The Labute approximate surface area is 650 Å². The zero-order chi connectivity index (χ0) is 83.1. The van der Waals surface area contributed by atoms with E-state index < -0.39 is 27.7 Å². The third-order valence-corrected chi connectivity index (χ3v) is 17.3. The van der Waals surface area contributed by atoms with Crippen LogP contribution in [-0.2, 0) is 4.79 Å². The van der Waals surface area contributed by atoms with Crippen LogP contribution in [0.1, 0.15) is 6.92 Å². The van der Waals surface area contributed by atoms with E-state index in [9.17, 15) is 34.2 Å². The van der Waals surface area contributed by atoms with Gasteiger partial charge in [0.15, 0.2) is 114 Å². The molecule has 4 aromatic heterocycles. The van der Waals surface area contributed by atoms with Gasteiger partial charge in [-0.25, -0.2) is 0 Å². The molecule has 32 nitrogen and oxygen atoms in total. The SMILES string of the molecule is COc1ccc(-c2cc(=O)c3c(O)c(OC)c(OC)cc3o2)cc1OC.COc1ccc(-c2oc3c(OC)c(OC)cc(O)c3c(=O)c2OC)cc1OC.COc1ccc(-c2oc3c(OC)c(OC)cc(OC(C)=O)c3c(=O)c2OC)cc1OC.COc1ccc(-c2oc3c(OC)c(OC)cc(OC)c3c(=O)c2OC)cc1OC. The van der Waals surface area contributed by atoms with Crippen LogP contribution < -0.4 is 121 Å². The van der Waals surface area contributed by atoms with Crippen molar-refractivity contribution < 1.29 is 132 Å². The quantitative estimate of drug-likeness (QED) is 0.0396. The van der Waals surface area contributed by atoms with Gasteiger partial charge in [-0.05, 0) is 72.8 Å². The Morgan fingerprint density at radius 1 is 0.272 bits per heavy atom. The van der Waals surface area contributed by atoms with E-state index in [2.05, 4.69) is 0 Å². The van der Waals surface area contributed by atoms with Crippen molar-refractivity contribution in [2.24, 2.45) is 0 Å². The van der Waals surface area contributed by atoms with E-state index in [0.29, 0.717) is 79.8 Å². The lowest BCUT2D eigenvalue weighted by Crippen LogP contribution is -2.12. The van der Waals surface area contributed by atoms with Gasteiger partial charge in [0.1, 0.15) is 50.1 Å². The summed E-state index contributed by atoms with van der Waals surface area (Å²) in [6.45, 7) is 1.22. The van der Waals surface area contributed by atoms with Crippen LogP contribution in [0.25, 0.3) is 89.2 Å². The first kappa shape index (κ1) is 83.7. The van der Waals surface area contributed by atoms with Crippen molar-refractivity contribution in [1.82, 2.24) is 0 Å². The topological polar surface area (TPSA) is 372 Å². The minimum atomic E-state index is -0.615. The molecule has 0 unspecified atom stereocenters. The highest BCUT2D eigenvalue weighted by Gasteiger charge is 2.31. The van der Waals surface area contributed by atoms with Crippen LogP contribution in [0.5, 0.6) is 132 Å². The van der Waals surface area contributed by atoms with Crippen LogP contribution in [0.15, 0.2) is 140 Å². The molecule has 602 valence electrons. The predicted molar refractivity (Wildman–Crippen MR) is 417 cm³/mol. The number of aromatic hydroxyl groups is 2. The number of ether oxygens (including phenoxy) is 21. The Morgan fingerprint density at radius 2 is 0.570 bits per heavy atom. The average Bonchev–Trinajstić information content (AvgIpc) is 0.756. The molecule has 4 heterocycles. The molecule has 0 aliphatic heterocycles. The van der Waals surface area contributed by atoms with E-state index >= 15 is 0 Å². The summed E-state index contributed by atoms with van der Waals surface area (Å²) in [7, 11) is 29.1. The van der Waals surface area contributed by atoms with E-state index in [1.54, 1.807) is 78.9 Å². The highest BCUT2D eigenvalue weighted by molar-refractivity contribution is 5.97. The molecule has 0 aliphatic carbocycles. The molecule has 0 fully saturated rings. The summed E-state index contributed by atoms with van der Waals surface area (Å²) in [4.78, 5) is 63.8. The molecule has 114 heavy (non-hydrogen) atoms. The second-order valence-corrected chi connectivity index (χ2v) is 23.2. The monoisotopic (exact) mass is 1580 g/mol. The van der Waals surface area contributed by atoms with Gasteiger partial charge in [-0.3, -0.25) is 24.0 Å². The minimum Gasteiger partial charge on any atom is -0.507 e. The summed E-state index contributed by atoms with van der Waals surface area (Å²) >= 11 is 0. The number of esters is 1. The second-order valence-electron chi connectivity index (χ2n) is 23.2. The molecular formula is C82H82O32. The average molecular weight is 1580 g/mol. The molecule has 2 N–H and O–H groups in total. The third-order valence-electron chi connectivity index (χ3n) is 17.3.